The largest absolute Gasteiger partial charge is 0.291 e. The third kappa shape index (κ3) is 4.18. The van der Waals surface area contributed by atoms with E-state index in [1.165, 1.54) is 12.1 Å². The third-order valence-corrected chi connectivity index (χ3v) is 2.12. The van der Waals surface area contributed by atoms with E-state index in [1.54, 1.807) is 0 Å². The fourth-order valence-electron chi connectivity index (χ4n) is 0.880. The van der Waals surface area contributed by atoms with Crippen LogP contribution in [-0.4, -0.2) is 27.1 Å². The van der Waals surface area contributed by atoms with Gasteiger partial charge in [0.25, 0.3) is 10.1 Å². The molecule has 0 bridgehead atoms. The first-order valence-electron chi connectivity index (χ1n) is 4.01. The van der Waals surface area contributed by atoms with Crippen molar-refractivity contribution in [2.45, 2.75) is 0 Å². The van der Waals surface area contributed by atoms with Crippen molar-refractivity contribution >= 4 is 15.9 Å². The molecule has 0 spiro atoms. The van der Waals surface area contributed by atoms with Crippen molar-refractivity contribution < 1.29 is 21.8 Å². The summed E-state index contributed by atoms with van der Waals surface area (Å²) in [5.41, 5.74) is 0.208. The molecule has 1 rings (SSSR count). The minimum Gasteiger partial charge on any atom is -0.291 e. The van der Waals surface area contributed by atoms with Gasteiger partial charge in [-0.05, 0) is 24.3 Å². The van der Waals surface area contributed by atoms with Crippen LogP contribution in [0.15, 0.2) is 24.3 Å². The van der Waals surface area contributed by atoms with Crippen LogP contribution < -0.4 is 0 Å². The zero-order chi connectivity index (χ0) is 11.5. The van der Waals surface area contributed by atoms with Gasteiger partial charge in [0, 0.05) is 5.56 Å². The molecule has 0 heterocycles. The number of halogens is 1. The Labute approximate surface area is 86.8 Å². The Morgan fingerprint density at radius 3 is 2.33 bits per heavy atom. The average Bonchev–Trinajstić information content (AvgIpc) is 2.14. The minimum absolute atomic E-state index is 0.208. The highest BCUT2D eigenvalue weighted by Crippen LogP contribution is 2.04. The first-order chi connectivity index (χ1) is 6.88. The molecule has 0 fully saturated rings. The summed E-state index contributed by atoms with van der Waals surface area (Å²) in [6.07, 6.45) is 0.852. The van der Waals surface area contributed by atoms with Crippen LogP contribution in [0.4, 0.5) is 4.39 Å². The quantitative estimate of drug-likeness (QED) is 0.573. The average molecular weight is 232 g/mol. The molecule has 0 saturated heterocycles. The molecule has 0 aliphatic rings. The minimum atomic E-state index is -3.63. The normalized spacial score (nSPS) is 11.3. The van der Waals surface area contributed by atoms with Crippen LogP contribution in [0.1, 0.15) is 10.4 Å². The van der Waals surface area contributed by atoms with Gasteiger partial charge in [-0.3, -0.25) is 8.98 Å². The van der Waals surface area contributed by atoms with E-state index < -0.39 is 28.3 Å². The molecule has 0 radical (unpaired) electrons. The van der Waals surface area contributed by atoms with E-state index in [1.807, 2.05) is 0 Å². The summed E-state index contributed by atoms with van der Waals surface area (Å²) < 4.78 is 38.0. The van der Waals surface area contributed by atoms with Crippen molar-refractivity contribution in [3.8, 4) is 0 Å². The summed E-state index contributed by atoms with van der Waals surface area (Å²) in [7, 11) is -3.63. The van der Waals surface area contributed by atoms with Gasteiger partial charge in [0.05, 0.1) is 6.26 Å². The molecule has 0 aliphatic carbocycles. The van der Waals surface area contributed by atoms with Crippen LogP contribution in [0.25, 0.3) is 0 Å². The van der Waals surface area contributed by atoms with Crippen molar-refractivity contribution in [1.82, 2.24) is 0 Å². The monoisotopic (exact) mass is 232 g/mol. The van der Waals surface area contributed by atoms with Gasteiger partial charge in [0.1, 0.15) is 12.4 Å². The predicted octanol–water partition coefficient (Wildman–Crippen LogP) is 0.985. The molecule has 4 nitrogen and oxygen atoms in total. The molecular formula is C9H9FO4S. The highest BCUT2D eigenvalue weighted by Gasteiger charge is 2.10. The van der Waals surface area contributed by atoms with Crippen LogP contribution in [0.2, 0.25) is 0 Å². The summed E-state index contributed by atoms with van der Waals surface area (Å²) in [6.45, 7) is -0.565. The van der Waals surface area contributed by atoms with Crippen LogP contribution in [0, 0.1) is 5.82 Å². The standard InChI is InChI=1S/C9H9FO4S/c1-15(12,13)14-6-9(11)7-2-4-8(10)5-3-7/h2-5H,6H2,1H3. The summed E-state index contributed by atoms with van der Waals surface area (Å²) in [5.74, 6) is -0.976. The van der Waals surface area contributed by atoms with E-state index in [2.05, 4.69) is 4.18 Å². The number of ketones is 1. The van der Waals surface area contributed by atoms with Crippen molar-refractivity contribution in [2.75, 3.05) is 12.9 Å². The first kappa shape index (κ1) is 11.8. The maximum absolute atomic E-state index is 12.5. The number of benzene rings is 1. The van der Waals surface area contributed by atoms with Crippen molar-refractivity contribution in [3.05, 3.63) is 35.6 Å². The van der Waals surface area contributed by atoms with Crippen LogP contribution >= 0.6 is 0 Å². The van der Waals surface area contributed by atoms with Gasteiger partial charge in [0.2, 0.25) is 0 Å². The van der Waals surface area contributed by atoms with E-state index in [4.69, 9.17) is 0 Å². The highest BCUT2D eigenvalue weighted by atomic mass is 32.2. The molecule has 82 valence electrons. The SMILES string of the molecule is CS(=O)(=O)OCC(=O)c1ccc(F)cc1. The molecule has 15 heavy (non-hydrogen) atoms. The van der Waals surface area contributed by atoms with E-state index in [-0.39, 0.29) is 5.56 Å². The molecule has 0 aliphatic heterocycles. The van der Waals surface area contributed by atoms with E-state index in [0.29, 0.717) is 0 Å². The summed E-state index contributed by atoms with van der Waals surface area (Å²) >= 11 is 0. The number of hydrogen-bond acceptors (Lipinski definition) is 4. The lowest BCUT2D eigenvalue weighted by atomic mass is 10.1. The van der Waals surface area contributed by atoms with Gasteiger partial charge in [-0.2, -0.15) is 8.42 Å². The summed E-state index contributed by atoms with van der Waals surface area (Å²) in [5, 5.41) is 0. The molecule has 0 atom stereocenters. The Balaban J connectivity index is 2.66. The zero-order valence-corrected chi connectivity index (χ0v) is 8.75. The Kier molecular flexibility index (Phi) is 3.54. The van der Waals surface area contributed by atoms with Gasteiger partial charge >= 0.3 is 0 Å². The van der Waals surface area contributed by atoms with Gasteiger partial charge in [-0.1, -0.05) is 0 Å². The second kappa shape index (κ2) is 4.50. The molecule has 0 unspecified atom stereocenters. The first-order valence-corrected chi connectivity index (χ1v) is 5.83. The number of carbonyl (C=O) groups excluding carboxylic acids is 1. The molecule has 0 N–H and O–H groups in total. The molecule has 6 heteroatoms. The second-order valence-corrected chi connectivity index (χ2v) is 4.54. The van der Waals surface area contributed by atoms with Gasteiger partial charge in [0.15, 0.2) is 5.78 Å². The van der Waals surface area contributed by atoms with Crippen molar-refractivity contribution in [2.24, 2.45) is 0 Å². The van der Waals surface area contributed by atoms with Crippen molar-refractivity contribution in [1.29, 1.82) is 0 Å². The second-order valence-electron chi connectivity index (χ2n) is 2.90. The molecule has 0 amide bonds. The predicted molar refractivity (Wildman–Crippen MR) is 51.5 cm³/mol. The fourth-order valence-corrected chi connectivity index (χ4v) is 1.20. The maximum atomic E-state index is 12.5. The third-order valence-electron chi connectivity index (χ3n) is 1.57. The van der Waals surface area contributed by atoms with Gasteiger partial charge < -0.3 is 0 Å². The Bertz CT molecular complexity index is 450. The molecule has 1 aromatic carbocycles. The lowest BCUT2D eigenvalue weighted by Gasteiger charge is -2.00. The number of rotatable bonds is 4. The topological polar surface area (TPSA) is 60.4 Å². The van der Waals surface area contributed by atoms with Crippen LogP contribution in [0.5, 0.6) is 0 Å². The van der Waals surface area contributed by atoms with E-state index in [0.717, 1.165) is 18.4 Å². The number of Topliss-reactive ketones (excluding diaryl/α,β-unsaturated/α-hetero) is 1. The fraction of sp³-hybridized carbons (Fsp3) is 0.222. The zero-order valence-electron chi connectivity index (χ0n) is 7.94. The van der Waals surface area contributed by atoms with Gasteiger partial charge in [-0.15, -0.1) is 0 Å². The van der Waals surface area contributed by atoms with Crippen LogP contribution in [-0.2, 0) is 14.3 Å². The molecule has 0 saturated carbocycles. The Hall–Kier alpha value is -1.27. The lowest BCUT2D eigenvalue weighted by molar-refractivity contribution is 0.0925. The molecule has 0 aromatic heterocycles. The lowest BCUT2D eigenvalue weighted by Crippen LogP contribution is -2.13. The molecule has 1 aromatic rings. The summed E-state index contributed by atoms with van der Waals surface area (Å²) in [4.78, 5) is 11.3. The highest BCUT2D eigenvalue weighted by molar-refractivity contribution is 7.86. The van der Waals surface area contributed by atoms with E-state index in [9.17, 15) is 17.6 Å². The summed E-state index contributed by atoms with van der Waals surface area (Å²) in [6, 6.07) is 4.77. The van der Waals surface area contributed by atoms with Crippen molar-refractivity contribution in [3.63, 3.8) is 0 Å². The van der Waals surface area contributed by atoms with Crippen LogP contribution in [0.3, 0.4) is 0 Å². The number of hydrogen-bond donors (Lipinski definition) is 0. The number of carbonyl (C=O) groups is 1. The Morgan fingerprint density at radius 2 is 1.87 bits per heavy atom. The molecular weight excluding hydrogens is 223 g/mol. The maximum Gasteiger partial charge on any atom is 0.264 e. The smallest absolute Gasteiger partial charge is 0.264 e. The van der Waals surface area contributed by atoms with E-state index >= 15 is 0 Å². The Morgan fingerprint density at radius 1 is 1.33 bits per heavy atom. The van der Waals surface area contributed by atoms with Gasteiger partial charge in [-0.25, -0.2) is 4.39 Å².